The highest BCUT2D eigenvalue weighted by Gasteiger charge is 2.31. The maximum absolute atomic E-state index is 13.9. The van der Waals surface area contributed by atoms with Gasteiger partial charge in [0.15, 0.2) is 6.10 Å². The fourth-order valence-electron chi connectivity index (χ4n) is 5.68. The number of hydrogen-bond donors (Lipinski definition) is 2. The van der Waals surface area contributed by atoms with E-state index in [2.05, 4.69) is 64.3 Å². The Morgan fingerprint density at radius 2 is 1.39 bits per heavy atom. The zero-order valence-electron chi connectivity index (χ0n) is 30.1. The lowest BCUT2D eigenvalue weighted by Crippen LogP contribution is -2.37. The number of carbonyl (C=O) groups excluding carboxylic acids is 3. The Labute approximate surface area is 291 Å². The molecule has 7 nitrogen and oxygen atoms in total. The molecule has 2 unspecified atom stereocenters. The number of amides is 2. The van der Waals surface area contributed by atoms with Gasteiger partial charge in [-0.05, 0) is 66.0 Å². The average molecular weight is 663 g/mol. The van der Waals surface area contributed by atoms with Crippen molar-refractivity contribution in [1.82, 2.24) is 0 Å². The molecule has 0 aliphatic carbocycles. The maximum Gasteiger partial charge on any atom is 0.261 e. The Kier molecular flexibility index (Phi) is 12.2. The predicted molar refractivity (Wildman–Crippen MR) is 198 cm³/mol. The molecule has 0 aliphatic heterocycles. The van der Waals surface area contributed by atoms with Gasteiger partial charge in [0.05, 0.1) is 6.42 Å². The Balaban J connectivity index is 1.59. The number of ketones is 1. The van der Waals surface area contributed by atoms with Crippen molar-refractivity contribution in [3.8, 4) is 16.9 Å². The molecular weight excluding hydrogens is 612 g/mol. The van der Waals surface area contributed by atoms with E-state index in [1.54, 1.807) is 42.5 Å². The molecular formula is C42H50N2O5. The molecule has 2 atom stereocenters. The number of methoxy groups -OCH3 is 1. The number of hydrogen-bond acceptors (Lipinski definition) is 5. The largest absolute Gasteiger partial charge is 0.490 e. The fourth-order valence-corrected chi connectivity index (χ4v) is 5.68. The van der Waals surface area contributed by atoms with E-state index in [4.69, 9.17) is 9.47 Å². The van der Waals surface area contributed by atoms with Crippen LogP contribution in [0.3, 0.4) is 0 Å². The second-order valence-electron chi connectivity index (χ2n) is 13.8. The number of ether oxygens (including phenoxy) is 2. The number of carbonyl (C=O) groups is 3. The van der Waals surface area contributed by atoms with Crippen molar-refractivity contribution in [2.24, 2.45) is 0 Å². The first-order valence-corrected chi connectivity index (χ1v) is 17.0. The topological polar surface area (TPSA) is 93.7 Å². The van der Waals surface area contributed by atoms with Gasteiger partial charge in [-0.25, -0.2) is 0 Å². The van der Waals surface area contributed by atoms with Gasteiger partial charge in [0, 0.05) is 35.2 Å². The second-order valence-corrected chi connectivity index (χ2v) is 13.8. The molecule has 0 aromatic heterocycles. The van der Waals surface area contributed by atoms with Crippen molar-refractivity contribution in [2.45, 2.75) is 90.8 Å². The number of anilines is 2. The highest BCUT2D eigenvalue weighted by molar-refractivity contribution is 6.19. The number of para-hydroxylation sites is 1. The van der Waals surface area contributed by atoms with Crippen LogP contribution in [0, 0.1) is 0 Å². The van der Waals surface area contributed by atoms with Crippen molar-refractivity contribution in [1.29, 1.82) is 0 Å². The van der Waals surface area contributed by atoms with E-state index in [1.165, 1.54) is 12.7 Å². The van der Waals surface area contributed by atoms with E-state index in [1.807, 2.05) is 49.4 Å². The monoisotopic (exact) mass is 662 g/mol. The standard InChI is InChI=1S/C42H50N2O5/c1-9-41(4,5)30-24-25-35(33(27-30)42(6,7)10-2)49-28(3)26-36(45)44-34-23-17-22-32(37(34)29-18-13-11-14-19-29)38(46)39(48-8)40(47)43-31-20-15-12-16-21-31/h11-25,27-28,39H,9-10,26H2,1-8H3,(H,43,47)(H,44,45). The van der Waals surface area contributed by atoms with E-state index < -0.39 is 23.9 Å². The zero-order valence-corrected chi connectivity index (χ0v) is 30.1. The molecule has 0 fully saturated rings. The van der Waals surface area contributed by atoms with Crippen molar-refractivity contribution in [3.63, 3.8) is 0 Å². The SMILES string of the molecule is CCC(C)(C)c1ccc(OC(C)CC(=O)Nc2cccc(C(=O)C(OC)C(=O)Nc3ccccc3)c2-c2ccccc2)c(C(C)(C)CC)c1. The maximum atomic E-state index is 13.9. The van der Waals surface area contributed by atoms with Crippen LogP contribution in [0.25, 0.3) is 11.1 Å². The van der Waals surface area contributed by atoms with Crippen LogP contribution in [0.5, 0.6) is 5.75 Å². The van der Waals surface area contributed by atoms with Crippen LogP contribution >= 0.6 is 0 Å². The smallest absolute Gasteiger partial charge is 0.261 e. The highest BCUT2D eigenvalue weighted by Crippen LogP contribution is 2.39. The molecule has 4 rings (SSSR count). The molecule has 0 radical (unpaired) electrons. The van der Waals surface area contributed by atoms with E-state index in [-0.39, 0.29) is 28.7 Å². The van der Waals surface area contributed by atoms with Crippen LogP contribution in [0.1, 0.15) is 89.2 Å². The molecule has 0 spiro atoms. The quantitative estimate of drug-likeness (QED) is 0.0977. The van der Waals surface area contributed by atoms with Gasteiger partial charge < -0.3 is 20.1 Å². The normalized spacial score (nSPS) is 12.9. The minimum atomic E-state index is -1.40. The number of Topliss-reactive ketones (excluding diaryl/α,β-unsaturated/α-hetero) is 1. The summed E-state index contributed by atoms with van der Waals surface area (Å²) in [5, 5.41) is 5.78. The predicted octanol–water partition coefficient (Wildman–Crippen LogP) is 9.36. The summed E-state index contributed by atoms with van der Waals surface area (Å²) in [4.78, 5) is 40.7. The molecule has 258 valence electrons. The van der Waals surface area contributed by atoms with Crippen LogP contribution in [0.2, 0.25) is 0 Å². The van der Waals surface area contributed by atoms with Crippen LogP contribution in [0.4, 0.5) is 11.4 Å². The first kappa shape index (κ1) is 37.1. The summed E-state index contributed by atoms with van der Waals surface area (Å²) in [7, 11) is 1.33. The summed E-state index contributed by atoms with van der Waals surface area (Å²) >= 11 is 0. The molecule has 4 aromatic rings. The van der Waals surface area contributed by atoms with Gasteiger partial charge in [-0.3, -0.25) is 14.4 Å². The first-order valence-electron chi connectivity index (χ1n) is 17.0. The zero-order chi connectivity index (χ0) is 35.8. The molecule has 0 bridgehead atoms. The summed E-state index contributed by atoms with van der Waals surface area (Å²) in [5.74, 6) is -0.599. The van der Waals surface area contributed by atoms with E-state index in [0.717, 1.165) is 24.2 Å². The third-order valence-corrected chi connectivity index (χ3v) is 9.48. The molecule has 4 aromatic carbocycles. The van der Waals surface area contributed by atoms with Crippen LogP contribution in [0.15, 0.2) is 97.1 Å². The number of rotatable bonds is 15. The Bertz CT molecular complexity index is 1750. The van der Waals surface area contributed by atoms with Crippen molar-refractivity contribution in [3.05, 3.63) is 114 Å². The van der Waals surface area contributed by atoms with Gasteiger partial charge in [-0.1, -0.05) is 114 Å². The Morgan fingerprint density at radius 3 is 2.00 bits per heavy atom. The van der Waals surface area contributed by atoms with Crippen molar-refractivity contribution >= 4 is 29.0 Å². The van der Waals surface area contributed by atoms with E-state index in [0.29, 0.717) is 22.5 Å². The van der Waals surface area contributed by atoms with E-state index >= 15 is 0 Å². The van der Waals surface area contributed by atoms with Gasteiger partial charge in [-0.2, -0.15) is 0 Å². The summed E-state index contributed by atoms with van der Waals surface area (Å²) in [5.41, 5.74) is 4.78. The first-order chi connectivity index (χ1) is 23.3. The molecule has 0 aliphatic rings. The Morgan fingerprint density at radius 1 is 0.755 bits per heavy atom. The third-order valence-electron chi connectivity index (χ3n) is 9.48. The molecule has 0 saturated carbocycles. The van der Waals surface area contributed by atoms with Crippen LogP contribution in [-0.2, 0) is 25.2 Å². The van der Waals surface area contributed by atoms with Gasteiger partial charge in [0.2, 0.25) is 11.7 Å². The van der Waals surface area contributed by atoms with Crippen molar-refractivity contribution in [2.75, 3.05) is 17.7 Å². The molecule has 2 N–H and O–H groups in total. The summed E-state index contributed by atoms with van der Waals surface area (Å²) in [6, 6.07) is 29.7. The van der Waals surface area contributed by atoms with E-state index in [9.17, 15) is 14.4 Å². The molecule has 0 saturated heterocycles. The lowest BCUT2D eigenvalue weighted by molar-refractivity contribution is -0.123. The molecule has 7 heteroatoms. The summed E-state index contributed by atoms with van der Waals surface area (Å²) in [6.45, 7) is 15.2. The second kappa shape index (κ2) is 16.1. The third kappa shape index (κ3) is 9.04. The minimum absolute atomic E-state index is 0.0317. The lowest BCUT2D eigenvalue weighted by Gasteiger charge is -2.31. The average Bonchev–Trinajstić information content (AvgIpc) is 3.09. The van der Waals surface area contributed by atoms with Crippen LogP contribution in [-0.4, -0.2) is 36.9 Å². The summed E-state index contributed by atoms with van der Waals surface area (Å²) in [6.07, 6.45) is 0.198. The van der Waals surface area contributed by atoms with Gasteiger partial charge >= 0.3 is 0 Å². The molecule has 0 heterocycles. The lowest BCUT2D eigenvalue weighted by atomic mass is 9.76. The van der Waals surface area contributed by atoms with Crippen molar-refractivity contribution < 1.29 is 23.9 Å². The molecule has 2 amide bonds. The van der Waals surface area contributed by atoms with Gasteiger partial charge in [0.1, 0.15) is 11.9 Å². The minimum Gasteiger partial charge on any atom is -0.490 e. The Hall–Kier alpha value is -4.75. The van der Waals surface area contributed by atoms with Crippen LogP contribution < -0.4 is 15.4 Å². The molecule has 49 heavy (non-hydrogen) atoms. The summed E-state index contributed by atoms with van der Waals surface area (Å²) < 4.78 is 11.9. The highest BCUT2D eigenvalue weighted by atomic mass is 16.5. The number of nitrogens with one attached hydrogen (secondary N) is 2. The van der Waals surface area contributed by atoms with Gasteiger partial charge in [-0.15, -0.1) is 0 Å². The van der Waals surface area contributed by atoms with Gasteiger partial charge in [0.25, 0.3) is 5.91 Å². The number of benzene rings is 4. The fraction of sp³-hybridized carbons (Fsp3) is 0.357.